The van der Waals surface area contributed by atoms with Crippen LogP contribution in [0.2, 0.25) is 0 Å². The maximum Gasteiger partial charge on any atom is 0.157 e. The number of anilines is 1. The van der Waals surface area contributed by atoms with E-state index in [2.05, 4.69) is 22.0 Å². The molecule has 0 unspecified atom stereocenters. The van der Waals surface area contributed by atoms with Crippen LogP contribution in [0.1, 0.15) is 12.8 Å². The number of fused-ring (bicyclic) bond motifs is 1. The number of hydrogen-bond acceptors (Lipinski definition) is 4. The van der Waals surface area contributed by atoms with E-state index in [4.69, 9.17) is 4.74 Å². The standard InChI is InChI=1S/C12H16N4O/c1-15(10-4-8-17-9-5-10)11-3-7-16-12(14-11)2-6-13-16/h2-3,6-7,10H,4-5,8-9H2,1H3. The molecule has 0 spiro atoms. The molecule has 3 heterocycles. The Hall–Kier alpha value is -1.62. The summed E-state index contributed by atoms with van der Waals surface area (Å²) in [7, 11) is 2.10. The Kier molecular flexibility index (Phi) is 2.68. The topological polar surface area (TPSA) is 42.7 Å². The largest absolute Gasteiger partial charge is 0.381 e. The Morgan fingerprint density at radius 2 is 2.18 bits per heavy atom. The van der Waals surface area contributed by atoms with Gasteiger partial charge in [0.05, 0.1) is 6.20 Å². The lowest BCUT2D eigenvalue weighted by Crippen LogP contribution is -2.37. The van der Waals surface area contributed by atoms with E-state index in [1.54, 1.807) is 10.7 Å². The predicted molar refractivity (Wildman–Crippen MR) is 65.2 cm³/mol. The van der Waals surface area contributed by atoms with Crippen molar-refractivity contribution in [2.45, 2.75) is 18.9 Å². The van der Waals surface area contributed by atoms with E-state index >= 15 is 0 Å². The third kappa shape index (κ3) is 1.98. The number of aromatic nitrogens is 3. The van der Waals surface area contributed by atoms with Gasteiger partial charge in [0, 0.05) is 38.6 Å². The van der Waals surface area contributed by atoms with Crippen LogP contribution in [0.15, 0.2) is 24.5 Å². The van der Waals surface area contributed by atoms with E-state index in [9.17, 15) is 0 Å². The molecule has 0 N–H and O–H groups in total. The van der Waals surface area contributed by atoms with Crippen molar-refractivity contribution in [3.63, 3.8) is 0 Å². The summed E-state index contributed by atoms with van der Waals surface area (Å²) in [5, 5.41) is 4.15. The zero-order valence-electron chi connectivity index (χ0n) is 9.91. The van der Waals surface area contributed by atoms with Crippen LogP contribution in [0, 0.1) is 0 Å². The summed E-state index contributed by atoms with van der Waals surface area (Å²) >= 11 is 0. The Morgan fingerprint density at radius 3 is 3.00 bits per heavy atom. The molecule has 0 aliphatic carbocycles. The minimum Gasteiger partial charge on any atom is -0.381 e. The molecule has 1 saturated heterocycles. The molecule has 90 valence electrons. The molecule has 1 aliphatic heterocycles. The van der Waals surface area contributed by atoms with E-state index in [1.165, 1.54) is 0 Å². The van der Waals surface area contributed by atoms with Gasteiger partial charge in [-0.25, -0.2) is 9.50 Å². The van der Waals surface area contributed by atoms with Crippen molar-refractivity contribution in [3.05, 3.63) is 24.5 Å². The van der Waals surface area contributed by atoms with E-state index in [0.29, 0.717) is 6.04 Å². The minimum absolute atomic E-state index is 0.529. The van der Waals surface area contributed by atoms with Gasteiger partial charge in [-0.1, -0.05) is 0 Å². The fourth-order valence-electron chi connectivity index (χ4n) is 2.26. The number of rotatable bonds is 2. The van der Waals surface area contributed by atoms with Crippen molar-refractivity contribution in [2.75, 3.05) is 25.2 Å². The lowest BCUT2D eigenvalue weighted by atomic mass is 10.1. The molecule has 2 aromatic rings. The average molecular weight is 232 g/mol. The van der Waals surface area contributed by atoms with Gasteiger partial charge in [0.25, 0.3) is 0 Å². The van der Waals surface area contributed by atoms with Crippen molar-refractivity contribution in [3.8, 4) is 0 Å². The van der Waals surface area contributed by atoms with Crippen LogP contribution < -0.4 is 4.90 Å². The molecule has 5 nitrogen and oxygen atoms in total. The zero-order valence-corrected chi connectivity index (χ0v) is 9.91. The van der Waals surface area contributed by atoms with E-state index in [1.807, 2.05) is 18.3 Å². The molecule has 0 atom stereocenters. The molecule has 0 bridgehead atoms. The molecular formula is C12H16N4O. The Labute approximate surface area is 100 Å². The highest BCUT2D eigenvalue weighted by Crippen LogP contribution is 2.19. The first-order valence-electron chi connectivity index (χ1n) is 5.95. The van der Waals surface area contributed by atoms with E-state index in [0.717, 1.165) is 37.5 Å². The van der Waals surface area contributed by atoms with Crippen LogP contribution in [-0.4, -0.2) is 40.9 Å². The number of hydrogen-bond donors (Lipinski definition) is 0. The summed E-state index contributed by atoms with van der Waals surface area (Å²) in [6.07, 6.45) is 5.86. The van der Waals surface area contributed by atoms with Crippen LogP contribution in [0.3, 0.4) is 0 Å². The van der Waals surface area contributed by atoms with Crippen LogP contribution >= 0.6 is 0 Å². The minimum atomic E-state index is 0.529. The Balaban J connectivity index is 1.86. The lowest BCUT2D eigenvalue weighted by Gasteiger charge is -2.31. The van der Waals surface area contributed by atoms with Gasteiger partial charge >= 0.3 is 0 Å². The van der Waals surface area contributed by atoms with Crippen LogP contribution in [0.5, 0.6) is 0 Å². The molecule has 0 amide bonds. The molecular weight excluding hydrogens is 216 g/mol. The second kappa shape index (κ2) is 4.33. The molecule has 0 aromatic carbocycles. The molecule has 1 aliphatic rings. The molecule has 2 aromatic heterocycles. The van der Waals surface area contributed by atoms with Gasteiger partial charge < -0.3 is 9.64 Å². The highest BCUT2D eigenvalue weighted by molar-refractivity contribution is 5.47. The number of nitrogens with zero attached hydrogens (tertiary/aromatic N) is 4. The maximum atomic E-state index is 5.38. The Bertz CT molecular complexity index is 504. The van der Waals surface area contributed by atoms with Gasteiger partial charge in [0.15, 0.2) is 5.65 Å². The fourth-order valence-corrected chi connectivity index (χ4v) is 2.26. The summed E-state index contributed by atoms with van der Waals surface area (Å²) < 4.78 is 7.16. The SMILES string of the molecule is CN(c1ccn2nccc2n1)C1CCOCC1. The molecule has 3 rings (SSSR count). The van der Waals surface area contributed by atoms with Crippen LogP contribution in [0.4, 0.5) is 5.82 Å². The van der Waals surface area contributed by atoms with Crippen molar-refractivity contribution >= 4 is 11.5 Å². The summed E-state index contributed by atoms with van der Waals surface area (Å²) in [6.45, 7) is 1.70. The lowest BCUT2D eigenvalue weighted by molar-refractivity contribution is 0.0853. The average Bonchev–Trinajstić information content (AvgIpc) is 2.86. The first-order chi connectivity index (χ1) is 8.34. The molecule has 1 fully saturated rings. The summed E-state index contributed by atoms with van der Waals surface area (Å²) in [4.78, 5) is 6.84. The third-order valence-corrected chi connectivity index (χ3v) is 3.34. The smallest absolute Gasteiger partial charge is 0.157 e. The van der Waals surface area contributed by atoms with Crippen molar-refractivity contribution in [1.82, 2.24) is 14.6 Å². The van der Waals surface area contributed by atoms with Gasteiger partial charge in [0.2, 0.25) is 0 Å². The summed E-state index contributed by atoms with van der Waals surface area (Å²) in [6, 6.07) is 4.46. The molecule has 17 heavy (non-hydrogen) atoms. The van der Waals surface area contributed by atoms with Crippen LogP contribution in [-0.2, 0) is 4.74 Å². The highest BCUT2D eigenvalue weighted by Gasteiger charge is 2.19. The molecule has 0 saturated carbocycles. The maximum absolute atomic E-state index is 5.38. The van der Waals surface area contributed by atoms with Gasteiger partial charge in [-0.2, -0.15) is 5.10 Å². The summed E-state index contributed by atoms with van der Waals surface area (Å²) in [5.41, 5.74) is 0.890. The molecule has 0 radical (unpaired) electrons. The normalized spacial score (nSPS) is 17.5. The third-order valence-electron chi connectivity index (χ3n) is 3.34. The quantitative estimate of drug-likeness (QED) is 0.783. The second-order valence-corrected chi connectivity index (χ2v) is 4.37. The first-order valence-corrected chi connectivity index (χ1v) is 5.95. The predicted octanol–water partition coefficient (Wildman–Crippen LogP) is 1.34. The van der Waals surface area contributed by atoms with Gasteiger partial charge in [-0.05, 0) is 18.9 Å². The number of ether oxygens (including phenoxy) is 1. The summed E-state index contributed by atoms with van der Waals surface area (Å²) in [5.74, 6) is 1.00. The van der Waals surface area contributed by atoms with E-state index in [-0.39, 0.29) is 0 Å². The van der Waals surface area contributed by atoms with Crippen molar-refractivity contribution in [1.29, 1.82) is 0 Å². The van der Waals surface area contributed by atoms with Crippen LogP contribution in [0.25, 0.3) is 5.65 Å². The second-order valence-electron chi connectivity index (χ2n) is 4.37. The van der Waals surface area contributed by atoms with Gasteiger partial charge in [0.1, 0.15) is 5.82 Å². The zero-order chi connectivity index (χ0) is 11.7. The van der Waals surface area contributed by atoms with Crippen molar-refractivity contribution in [2.24, 2.45) is 0 Å². The Morgan fingerprint density at radius 1 is 1.35 bits per heavy atom. The first kappa shape index (κ1) is 10.5. The van der Waals surface area contributed by atoms with E-state index < -0.39 is 0 Å². The molecule has 5 heteroatoms. The van der Waals surface area contributed by atoms with Gasteiger partial charge in [-0.15, -0.1) is 0 Å². The fraction of sp³-hybridized carbons (Fsp3) is 0.500. The van der Waals surface area contributed by atoms with Crippen molar-refractivity contribution < 1.29 is 4.74 Å². The highest BCUT2D eigenvalue weighted by atomic mass is 16.5. The van der Waals surface area contributed by atoms with Gasteiger partial charge in [-0.3, -0.25) is 0 Å². The monoisotopic (exact) mass is 232 g/mol.